The Kier molecular flexibility index (Phi) is 4.51. The summed E-state index contributed by atoms with van der Waals surface area (Å²) in [5.41, 5.74) is 4.11. The minimum absolute atomic E-state index is 0.505. The van der Waals surface area contributed by atoms with Crippen LogP contribution in [0.15, 0.2) is 42.6 Å². The highest BCUT2D eigenvalue weighted by Gasteiger charge is 2.25. The molecule has 1 N–H and O–H groups in total. The number of aryl methyl sites for hydroxylation is 1. The van der Waals surface area contributed by atoms with Gasteiger partial charge in [0.05, 0.1) is 0 Å². The molecule has 2 heterocycles. The van der Waals surface area contributed by atoms with Crippen LogP contribution in [-0.4, -0.2) is 16.4 Å². The van der Waals surface area contributed by atoms with E-state index in [4.69, 9.17) is 12.2 Å². The Balaban J connectivity index is 1.86. The summed E-state index contributed by atoms with van der Waals surface area (Å²) in [6, 6.07) is 13.4. The lowest BCUT2D eigenvalue weighted by atomic mass is 9.93. The van der Waals surface area contributed by atoms with E-state index in [9.17, 15) is 0 Å². The lowest BCUT2D eigenvalue weighted by Crippen LogP contribution is -2.33. The van der Waals surface area contributed by atoms with Crippen molar-refractivity contribution in [1.29, 1.82) is 0 Å². The van der Waals surface area contributed by atoms with Crippen molar-refractivity contribution in [3.63, 3.8) is 0 Å². The number of hydrogen-bond acceptors (Lipinski definition) is 2. The molecule has 1 atom stereocenters. The van der Waals surface area contributed by atoms with Crippen molar-refractivity contribution in [2.24, 2.45) is 0 Å². The molecule has 2 aromatic rings. The van der Waals surface area contributed by atoms with E-state index in [1.54, 1.807) is 0 Å². The smallest absolute Gasteiger partial charge is 0.103 e. The fourth-order valence-electron chi connectivity index (χ4n) is 3.29. The lowest BCUT2D eigenvalue weighted by Gasteiger charge is -2.36. The second kappa shape index (κ2) is 6.54. The highest BCUT2D eigenvalue weighted by atomic mass is 32.1. The highest BCUT2D eigenvalue weighted by molar-refractivity contribution is 7.71. The summed E-state index contributed by atoms with van der Waals surface area (Å²) in [7, 11) is 0. The van der Waals surface area contributed by atoms with Gasteiger partial charge in [-0.3, -0.25) is 4.90 Å². The van der Waals surface area contributed by atoms with Crippen LogP contribution >= 0.6 is 12.2 Å². The second-order valence-corrected chi connectivity index (χ2v) is 6.34. The van der Waals surface area contributed by atoms with Crippen molar-refractivity contribution < 1.29 is 0 Å². The van der Waals surface area contributed by atoms with Crippen LogP contribution in [0.2, 0.25) is 0 Å². The summed E-state index contributed by atoms with van der Waals surface area (Å²) in [5, 5.41) is 0. The quantitative estimate of drug-likeness (QED) is 0.822. The van der Waals surface area contributed by atoms with Crippen LogP contribution in [0.1, 0.15) is 42.0 Å². The molecule has 1 aromatic heterocycles. The molecule has 0 amide bonds. The summed E-state index contributed by atoms with van der Waals surface area (Å²) in [4.78, 5) is 5.82. The van der Waals surface area contributed by atoms with Gasteiger partial charge in [-0.1, -0.05) is 49.0 Å². The zero-order valence-corrected chi connectivity index (χ0v) is 13.3. The van der Waals surface area contributed by atoms with Crippen LogP contribution < -0.4 is 0 Å². The monoisotopic (exact) mass is 298 g/mol. The number of H-pyrrole nitrogens is 1. The molecule has 1 fully saturated rings. The van der Waals surface area contributed by atoms with Crippen molar-refractivity contribution in [3.8, 4) is 0 Å². The molecule has 1 saturated heterocycles. The molecular weight excluding hydrogens is 276 g/mol. The third kappa shape index (κ3) is 3.42. The lowest BCUT2D eigenvalue weighted by molar-refractivity contribution is 0.139. The van der Waals surface area contributed by atoms with Gasteiger partial charge in [0, 0.05) is 18.8 Å². The van der Waals surface area contributed by atoms with Gasteiger partial charge in [-0.15, -0.1) is 0 Å². The fraction of sp³-hybridized carbons (Fsp3) is 0.389. The first-order valence-corrected chi connectivity index (χ1v) is 8.12. The average Bonchev–Trinajstić information content (AvgIpc) is 2.49. The first kappa shape index (κ1) is 14.5. The number of hydrogen-bond donors (Lipinski definition) is 1. The maximum absolute atomic E-state index is 5.23. The molecule has 0 spiro atoms. The van der Waals surface area contributed by atoms with Crippen LogP contribution in [0.5, 0.6) is 0 Å². The van der Waals surface area contributed by atoms with Gasteiger partial charge < -0.3 is 4.98 Å². The molecule has 0 saturated carbocycles. The first-order chi connectivity index (χ1) is 10.2. The van der Waals surface area contributed by atoms with Gasteiger partial charge in [0.15, 0.2) is 0 Å². The van der Waals surface area contributed by atoms with Gasteiger partial charge in [0.1, 0.15) is 4.64 Å². The summed E-state index contributed by atoms with van der Waals surface area (Å²) in [6.45, 7) is 4.38. The number of aromatic nitrogens is 1. The van der Waals surface area contributed by atoms with E-state index in [1.807, 2.05) is 0 Å². The minimum atomic E-state index is 0.505. The average molecular weight is 298 g/mol. The predicted octanol–water partition coefficient (Wildman–Crippen LogP) is 4.78. The zero-order valence-electron chi connectivity index (χ0n) is 12.5. The largest absolute Gasteiger partial charge is 0.353 e. The Morgan fingerprint density at radius 2 is 2.05 bits per heavy atom. The normalized spacial score (nSPS) is 19.6. The molecule has 0 bridgehead atoms. The zero-order chi connectivity index (χ0) is 14.7. The molecule has 1 aliphatic rings. The van der Waals surface area contributed by atoms with E-state index in [0.717, 1.165) is 11.2 Å². The van der Waals surface area contributed by atoms with E-state index >= 15 is 0 Å². The minimum Gasteiger partial charge on any atom is -0.353 e. The van der Waals surface area contributed by atoms with Gasteiger partial charge in [-0.25, -0.2) is 0 Å². The molecule has 3 rings (SSSR count). The predicted molar refractivity (Wildman–Crippen MR) is 89.8 cm³/mol. The Labute approximate surface area is 131 Å². The van der Waals surface area contributed by atoms with Gasteiger partial charge in [0.25, 0.3) is 0 Å². The first-order valence-electron chi connectivity index (χ1n) is 7.71. The van der Waals surface area contributed by atoms with Crippen molar-refractivity contribution in [2.45, 2.75) is 38.8 Å². The van der Waals surface area contributed by atoms with Gasteiger partial charge in [0.2, 0.25) is 0 Å². The second-order valence-electron chi connectivity index (χ2n) is 5.90. The SMILES string of the molecule is Cc1cc(=S)[nH]cc1[C@@H]1CCCCN1Cc1ccccc1. The Hall–Kier alpha value is -1.45. The third-order valence-corrected chi connectivity index (χ3v) is 4.61. The maximum Gasteiger partial charge on any atom is 0.103 e. The highest BCUT2D eigenvalue weighted by Crippen LogP contribution is 2.33. The number of benzene rings is 1. The molecule has 1 aliphatic heterocycles. The summed E-state index contributed by atoms with van der Waals surface area (Å²) < 4.78 is 0.821. The number of nitrogens with one attached hydrogen (secondary N) is 1. The summed E-state index contributed by atoms with van der Waals surface area (Å²) in [6.07, 6.45) is 5.96. The van der Waals surface area contributed by atoms with Crippen LogP contribution in [0, 0.1) is 11.6 Å². The molecule has 110 valence electrons. The number of nitrogens with zero attached hydrogens (tertiary/aromatic N) is 1. The Morgan fingerprint density at radius 1 is 1.24 bits per heavy atom. The molecule has 21 heavy (non-hydrogen) atoms. The van der Waals surface area contributed by atoms with E-state index < -0.39 is 0 Å². The third-order valence-electron chi connectivity index (χ3n) is 4.37. The number of piperidine rings is 1. The van der Waals surface area contributed by atoms with Gasteiger partial charge in [-0.05, 0) is 49.1 Å². The fourth-order valence-corrected chi connectivity index (χ4v) is 3.53. The molecule has 0 unspecified atom stereocenters. The van der Waals surface area contributed by atoms with E-state index in [2.05, 4.69) is 59.4 Å². The van der Waals surface area contributed by atoms with E-state index in [-0.39, 0.29) is 0 Å². The number of pyridine rings is 1. The maximum atomic E-state index is 5.23. The standard InChI is InChI=1S/C18H22N2S/c1-14-11-18(21)19-12-16(14)17-9-5-6-10-20(17)13-15-7-3-2-4-8-15/h2-4,7-8,11-12,17H,5-6,9-10,13H2,1H3,(H,19,21)/t17-/m0/s1. The number of rotatable bonds is 3. The van der Waals surface area contributed by atoms with E-state index in [0.29, 0.717) is 6.04 Å². The number of likely N-dealkylation sites (tertiary alicyclic amines) is 1. The van der Waals surface area contributed by atoms with Crippen molar-refractivity contribution >= 4 is 12.2 Å². The Bertz CT molecular complexity index is 648. The van der Waals surface area contributed by atoms with E-state index in [1.165, 1.54) is 42.5 Å². The molecule has 2 nitrogen and oxygen atoms in total. The van der Waals surface area contributed by atoms with Crippen LogP contribution in [0.4, 0.5) is 0 Å². The molecule has 0 aliphatic carbocycles. The summed E-state index contributed by atoms with van der Waals surface area (Å²) in [5.74, 6) is 0. The molecule has 0 radical (unpaired) electrons. The van der Waals surface area contributed by atoms with Crippen LogP contribution in [-0.2, 0) is 6.54 Å². The summed E-state index contributed by atoms with van der Waals surface area (Å²) >= 11 is 5.23. The number of aromatic amines is 1. The molecular formula is C18H22N2S. The van der Waals surface area contributed by atoms with Gasteiger partial charge in [-0.2, -0.15) is 0 Å². The Morgan fingerprint density at radius 3 is 2.81 bits per heavy atom. The van der Waals surface area contributed by atoms with Crippen LogP contribution in [0.3, 0.4) is 0 Å². The molecule has 3 heteroatoms. The van der Waals surface area contributed by atoms with Gasteiger partial charge >= 0.3 is 0 Å². The van der Waals surface area contributed by atoms with Crippen LogP contribution in [0.25, 0.3) is 0 Å². The van der Waals surface area contributed by atoms with Crippen molar-refractivity contribution in [2.75, 3.05) is 6.54 Å². The van der Waals surface area contributed by atoms with Crippen molar-refractivity contribution in [1.82, 2.24) is 9.88 Å². The van der Waals surface area contributed by atoms with Crippen molar-refractivity contribution in [3.05, 3.63) is 63.9 Å². The molecule has 1 aromatic carbocycles. The topological polar surface area (TPSA) is 19.0 Å².